The SMILES string of the molecule is CCn1ccc(C(=O)N2CCC(Cn3c(C)cnc3C3CCC3)C2)n1. The van der Waals surface area contributed by atoms with Gasteiger partial charge in [-0.2, -0.15) is 5.10 Å². The second kappa shape index (κ2) is 6.65. The maximum atomic E-state index is 12.7. The Kier molecular flexibility index (Phi) is 4.36. The van der Waals surface area contributed by atoms with Gasteiger partial charge in [-0.3, -0.25) is 9.48 Å². The summed E-state index contributed by atoms with van der Waals surface area (Å²) >= 11 is 0. The Morgan fingerprint density at radius 3 is 2.84 bits per heavy atom. The van der Waals surface area contributed by atoms with E-state index in [4.69, 9.17) is 0 Å². The number of nitrogens with zero attached hydrogens (tertiary/aromatic N) is 5. The molecule has 0 bridgehead atoms. The summed E-state index contributed by atoms with van der Waals surface area (Å²) in [6.07, 6.45) is 8.80. The maximum absolute atomic E-state index is 12.7. The summed E-state index contributed by atoms with van der Waals surface area (Å²) < 4.78 is 4.20. The molecule has 0 aromatic carbocycles. The van der Waals surface area contributed by atoms with Crippen molar-refractivity contribution in [3.05, 3.63) is 35.7 Å². The van der Waals surface area contributed by atoms with Crippen molar-refractivity contribution in [2.75, 3.05) is 13.1 Å². The van der Waals surface area contributed by atoms with Gasteiger partial charge in [0.2, 0.25) is 0 Å². The van der Waals surface area contributed by atoms with Crippen LogP contribution in [0.4, 0.5) is 0 Å². The average molecular weight is 341 g/mol. The molecule has 1 saturated carbocycles. The normalized spacial score (nSPS) is 20.9. The Hall–Kier alpha value is -2.11. The molecule has 4 rings (SSSR count). The number of likely N-dealkylation sites (tertiary alicyclic amines) is 1. The minimum atomic E-state index is 0.0660. The summed E-state index contributed by atoms with van der Waals surface area (Å²) in [6, 6.07) is 1.83. The monoisotopic (exact) mass is 341 g/mol. The van der Waals surface area contributed by atoms with Crippen LogP contribution in [0.15, 0.2) is 18.5 Å². The summed E-state index contributed by atoms with van der Waals surface area (Å²) in [6.45, 7) is 7.59. The zero-order valence-electron chi connectivity index (χ0n) is 15.2. The zero-order valence-corrected chi connectivity index (χ0v) is 15.2. The molecular formula is C19H27N5O. The molecule has 2 fully saturated rings. The van der Waals surface area contributed by atoms with Crippen molar-refractivity contribution >= 4 is 5.91 Å². The van der Waals surface area contributed by atoms with E-state index in [1.807, 2.05) is 30.3 Å². The summed E-state index contributed by atoms with van der Waals surface area (Å²) in [5.74, 6) is 2.47. The van der Waals surface area contributed by atoms with Crippen LogP contribution in [0.5, 0.6) is 0 Å². The molecule has 1 aliphatic heterocycles. The quantitative estimate of drug-likeness (QED) is 0.840. The minimum absolute atomic E-state index is 0.0660. The molecule has 3 heterocycles. The lowest BCUT2D eigenvalue weighted by Crippen LogP contribution is -2.30. The van der Waals surface area contributed by atoms with Crippen molar-refractivity contribution in [1.82, 2.24) is 24.2 Å². The number of amides is 1. The Bertz CT molecular complexity index is 758. The molecule has 134 valence electrons. The molecule has 1 aliphatic carbocycles. The highest BCUT2D eigenvalue weighted by Gasteiger charge is 2.30. The van der Waals surface area contributed by atoms with Crippen LogP contribution >= 0.6 is 0 Å². The minimum Gasteiger partial charge on any atom is -0.337 e. The van der Waals surface area contributed by atoms with E-state index in [0.717, 1.165) is 32.6 Å². The fourth-order valence-electron chi connectivity index (χ4n) is 3.95. The van der Waals surface area contributed by atoms with Crippen molar-refractivity contribution < 1.29 is 4.79 Å². The lowest BCUT2D eigenvalue weighted by atomic mass is 9.84. The first kappa shape index (κ1) is 16.4. The fraction of sp³-hybridized carbons (Fsp3) is 0.632. The van der Waals surface area contributed by atoms with Crippen LogP contribution in [0.25, 0.3) is 0 Å². The molecular weight excluding hydrogens is 314 g/mol. The number of carbonyl (C=O) groups excluding carboxylic acids is 1. The number of aryl methyl sites for hydroxylation is 2. The van der Waals surface area contributed by atoms with E-state index in [9.17, 15) is 4.79 Å². The molecule has 1 saturated heterocycles. The molecule has 1 unspecified atom stereocenters. The van der Waals surface area contributed by atoms with Gasteiger partial charge in [0.05, 0.1) is 0 Å². The van der Waals surface area contributed by atoms with Crippen LogP contribution in [0.3, 0.4) is 0 Å². The van der Waals surface area contributed by atoms with Crippen LogP contribution in [-0.2, 0) is 13.1 Å². The van der Waals surface area contributed by atoms with E-state index in [-0.39, 0.29) is 5.91 Å². The summed E-state index contributed by atoms with van der Waals surface area (Å²) in [7, 11) is 0. The molecule has 1 atom stereocenters. The lowest BCUT2D eigenvalue weighted by Gasteiger charge is -2.27. The third-order valence-corrected chi connectivity index (χ3v) is 5.75. The van der Waals surface area contributed by atoms with E-state index >= 15 is 0 Å². The van der Waals surface area contributed by atoms with Gasteiger partial charge in [0.25, 0.3) is 5.91 Å². The summed E-state index contributed by atoms with van der Waals surface area (Å²) in [4.78, 5) is 19.3. The topological polar surface area (TPSA) is 56.0 Å². The highest BCUT2D eigenvalue weighted by atomic mass is 16.2. The molecule has 0 spiro atoms. The first-order chi connectivity index (χ1) is 12.2. The number of hydrogen-bond donors (Lipinski definition) is 0. The van der Waals surface area contributed by atoms with Gasteiger partial charge in [-0.1, -0.05) is 6.42 Å². The number of imidazole rings is 1. The van der Waals surface area contributed by atoms with Gasteiger partial charge in [-0.05, 0) is 45.1 Å². The average Bonchev–Trinajstić information content (AvgIpc) is 3.28. The van der Waals surface area contributed by atoms with Crippen LogP contribution in [0.2, 0.25) is 0 Å². The third kappa shape index (κ3) is 3.10. The molecule has 6 heteroatoms. The Balaban J connectivity index is 1.41. The second-order valence-corrected chi connectivity index (χ2v) is 7.46. The van der Waals surface area contributed by atoms with Gasteiger partial charge < -0.3 is 9.47 Å². The number of rotatable bonds is 5. The molecule has 1 amide bonds. The highest BCUT2D eigenvalue weighted by Crippen LogP contribution is 2.36. The summed E-state index contributed by atoms with van der Waals surface area (Å²) in [5, 5.41) is 4.35. The predicted octanol–water partition coefficient (Wildman–Crippen LogP) is 2.84. The number of aromatic nitrogens is 4. The molecule has 0 N–H and O–H groups in total. The number of carbonyl (C=O) groups is 1. The van der Waals surface area contributed by atoms with Crippen LogP contribution in [-0.4, -0.2) is 43.2 Å². The van der Waals surface area contributed by atoms with Crippen LogP contribution in [0.1, 0.15) is 60.5 Å². The van der Waals surface area contributed by atoms with Crippen molar-refractivity contribution in [2.45, 2.75) is 58.5 Å². The van der Waals surface area contributed by atoms with Gasteiger partial charge in [0, 0.05) is 50.2 Å². The van der Waals surface area contributed by atoms with Crippen molar-refractivity contribution in [3.63, 3.8) is 0 Å². The molecule has 25 heavy (non-hydrogen) atoms. The van der Waals surface area contributed by atoms with Crippen molar-refractivity contribution in [2.24, 2.45) is 5.92 Å². The molecule has 0 radical (unpaired) electrons. The Labute approximate surface area is 148 Å². The molecule has 2 aromatic heterocycles. The van der Waals surface area contributed by atoms with Gasteiger partial charge >= 0.3 is 0 Å². The van der Waals surface area contributed by atoms with E-state index in [2.05, 4.69) is 21.6 Å². The van der Waals surface area contributed by atoms with E-state index in [0.29, 0.717) is 17.5 Å². The van der Waals surface area contributed by atoms with Crippen LogP contribution < -0.4 is 0 Å². The Morgan fingerprint density at radius 2 is 2.16 bits per heavy atom. The van der Waals surface area contributed by atoms with E-state index in [1.165, 1.54) is 30.8 Å². The van der Waals surface area contributed by atoms with Crippen molar-refractivity contribution in [1.29, 1.82) is 0 Å². The van der Waals surface area contributed by atoms with Gasteiger partial charge in [-0.25, -0.2) is 4.98 Å². The second-order valence-electron chi connectivity index (χ2n) is 7.46. The number of hydrogen-bond acceptors (Lipinski definition) is 3. The molecule has 2 aliphatic rings. The largest absolute Gasteiger partial charge is 0.337 e. The maximum Gasteiger partial charge on any atom is 0.274 e. The highest BCUT2D eigenvalue weighted by molar-refractivity contribution is 5.92. The van der Waals surface area contributed by atoms with Crippen LogP contribution in [0, 0.1) is 12.8 Å². The standard InChI is InChI=1S/C19H27N5O/c1-3-23-10-8-17(21-23)19(25)22-9-7-15(12-22)13-24-14(2)11-20-18(24)16-5-4-6-16/h8,10-11,15-16H,3-7,9,12-13H2,1-2H3. The lowest BCUT2D eigenvalue weighted by molar-refractivity contribution is 0.0779. The smallest absolute Gasteiger partial charge is 0.274 e. The summed E-state index contributed by atoms with van der Waals surface area (Å²) in [5.41, 5.74) is 1.81. The predicted molar refractivity (Wildman–Crippen MR) is 95.5 cm³/mol. The first-order valence-corrected chi connectivity index (χ1v) is 9.50. The zero-order chi connectivity index (χ0) is 17.4. The Morgan fingerprint density at radius 1 is 1.32 bits per heavy atom. The first-order valence-electron chi connectivity index (χ1n) is 9.50. The molecule has 2 aromatic rings. The van der Waals surface area contributed by atoms with E-state index in [1.54, 1.807) is 4.68 Å². The molecule has 6 nitrogen and oxygen atoms in total. The third-order valence-electron chi connectivity index (χ3n) is 5.75. The van der Waals surface area contributed by atoms with Gasteiger partial charge in [0.15, 0.2) is 0 Å². The van der Waals surface area contributed by atoms with Gasteiger partial charge in [0.1, 0.15) is 11.5 Å². The van der Waals surface area contributed by atoms with E-state index < -0.39 is 0 Å². The van der Waals surface area contributed by atoms with Crippen molar-refractivity contribution in [3.8, 4) is 0 Å². The van der Waals surface area contributed by atoms with Gasteiger partial charge in [-0.15, -0.1) is 0 Å². The fourth-order valence-corrected chi connectivity index (χ4v) is 3.95.